The van der Waals surface area contributed by atoms with E-state index in [1.54, 1.807) is 12.1 Å². The van der Waals surface area contributed by atoms with Crippen LogP contribution < -0.4 is 5.32 Å². The first-order valence-corrected chi connectivity index (χ1v) is 7.28. The molecule has 0 aliphatic carbocycles. The lowest BCUT2D eigenvalue weighted by atomic mass is 10.1. The summed E-state index contributed by atoms with van der Waals surface area (Å²) in [5.41, 5.74) is 1.92. The smallest absolute Gasteiger partial charge is 0.146 e. The van der Waals surface area contributed by atoms with Crippen LogP contribution in [-0.2, 0) is 6.42 Å². The van der Waals surface area contributed by atoms with Crippen LogP contribution in [0.1, 0.15) is 18.4 Å². The molecule has 1 N–H and O–H groups in total. The molecule has 0 bridgehead atoms. The zero-order chi connectivity index (χ0) is 13.5. The third-order valence-electron chi connectivity index (χ3n) is 2.98. The van der Waals surface area contributed by atoms with Gasteiger partial charge in [0, 0.05) is 11.0 Å². The van der Waals surface area contributed by atoms with Gasteiger partial charge in [0.2, 0.25) is 0 Å². The van der Waals surface area contributed by atoms with Crippen molar-refractivity contribution in [2.75, 3.05) is 11.9 Å². The highest BCUT2D eigenvalue weighted by Gasteiger charge is 2.01. The Hall–Kier alpha value is -1.35. The Morgan fingerprint density at radius 2 is 1.79 bits per heavy atom. The first kappa shape index (κ1) is 14.1. The standard InChI is InChI=1S/C16H17BrFN/c17-14-9-10-15(18)16(12-14)19-11-5-4-8-13-6-2-1-3-7-13/h1-3,6-7,9-10,12,19H,4-5,8,11H2. The lowest BCUT2D eigenvalue weighted by molar-refractivity contribution is 0.628. The molecule has 0 unspecified atom stereocenters. The van der Waals surface area contributed by atoms with Crippen molar-refractivity contribution in [1.82, 2.24) is 0 Å². The molecular weight excluding hydrogens is 305 g/mol. The summed E-state index contributed by atoms with van der Waals surface area (Å²) in [7, 11) is 0. The number of unbranched alkanes of at least 4 members (excludes halogenated alkanes) is 1. The minimum atomic E-state index is -0.203. The van der Waals surface area contributed by atoms with Gasteiger partial charge in [-0.1, -0.05) is 46.3 Å². The van der Waals surface area contributed by atoms with E-state index in [1.165, 1.54) is 11.6 Å². The molecule has 0 saturated heterocycles. The molecule has 0 radical (unpaired) electrons. The highest BCUT2D eigenvalue weighted by Crippen LogP contribution is 2.20. The van der Waals surface area contributed by atoms with E-state index in [0.717, 1.165) is 30.3 Å². The normalized spacial score (nSPS) is 10.4. The molecule has 19 heavy (non-hydrogen) atoms. The second kappa shape index (κ2) is 7.29. The summed E-state index contributed by atoms with van der Waals surface area (Å²) < 4.78 is 14.3. The molecule has 2 rings (SSSR count). The molecule has 3 heteroatoms. The van der Waals surface area contributed by atoms with Gasteiger partial charge in [-0.3, -0.25) is 0 Å². The van der Waals surface area contributed by atoms with Crippen molar-refractivity contribution >= 4 is 21.6 Å². The first-order valence-electron chi connectivity index (χ1n) is 6.48. The first-order chi connectivity index (χ1) is 9.25. The zero-order valence-corrected chi connectivity index (χ0v) is 12.3. The molecule has 0 saturated carbocycles. The van der Waals surface area contributed by atoms with Gasteiger partial charge in [0.15, 0.2) is 0 Å². The minimum absolute atomic E-state index is 0.203. The SMILES string of the molecule is Fc1ccc(Br)cc1NCCCCc1ccccc1. The third-order valence-corrected chi connectivity index (χ3v) is 3.47. The zero-order valence-electron chi connectivity index (χ0n) is 10.7. The number of hydrogen-bond acceptors (Lipinski definition) is 1. The van der Waals surface area contributed by atoms with Gasteiger partial charge >= 0.3 is 0 Å². The summed E-state index contributed by atoms with van der Waals surface area (Å²) in [6.45, 7) is 0.792. The van der Waals surface area contributed by atoms with Gasteiger partial charge in [-0.25, -0.2) is 4.39 Å². The van der Waals surface area contributed by atoms with E-state index >= 15 is 0 Å². The van der Waals surface area contributed by atoms with E-state index in [2.05, 4.69) is 45.5 Å². The molecule has 0 aliphatic rings. The van der Waals surface area contributed by atoms with E-state index in [1.807, 2.05) is 6.07 Å². The Balaban J connectivity index is 1.71. The van der Waals surface area contributed by atoms with E-state index in [0.29, 0.717) is 5.69 Å². The van der Waals surface area contributed by atoms with Gasteiger partial charge in [0.1, 0.15) is 5.82 Å². The highest BCUT2D eigenvalue weighted by atomic mass is 79.9. The quantitative estimate of drug-likeness (QED) is 0.736. The van der Waals surface area contributed by atoms with Crippen molar-refractivity contribution in [3.8, 4) is 0 Å². The lowest BCUT2D eigenvalue weighted by Gasteiger charge is -2.08. The summed E-state index contributed by atoms with van der Waals surface area (Å²) in [6, 6.07) is 15.4. The predicted octanol–water partition coefficient (Wildman–Crippen LogP) is 5.02. The third kappa shape index (κ3) is 4.67. The number of aryl methyl sites for hydroxylation is 1. The monoisotopic (exact) mass is 321 g/mol. The average Bonchev–Trinajstić information content (AvgIpc) is 2.43. The summed E-state index contributed by atoms with van der Waals surface area (Å²) in [5, 5.41) is 3.14. The van der Waals surface area contributed by atoms with Crippen LogP contribution in [0.3, 0.4) is 0 Å². The molecule has 0 aromatic heterocycles. The number of anilines is 1. The van der Waals surface area contributed by atoms with Gasteiger partial charge in [0.05, 0.1) is 5.69 Å². The van der Waals surface area contributed by atoms with Gasteiger partial charge in [-0.05, 0) is 43.0 Å². The number of rotatable bonds is 6. The summed E-state index contributed by atoms with van der Waals surface area (Å²) >= 11 is 3.34. The van der Waals surface area contributed by atoms with Crippen LogP contribution >= 0.6 is 15.9 Å². The maximum absolute atomic E-state index is 13.5. The van der Waals surface area contributed by atoms with Crippen molar-refractivity contribution in [3.63, 3.8) is 0 Å². The fourth-order valence-electron chi connectivity index (χ4n) is 1.95. The lowest BCUT2D eigenvalue weighted by Crippen LogP contribution is -2.03. The van der Waals surface area contributed by atoms with Crippen molar-refractivity contribution in [1.29, 1.82) is 0 Å². The Morgan fingerprint density at radius 3 is 2.58 bits per heavy atom. The van der Waals surface area contributed by atoms with Crippen LogP contribution in [0.25, 0.3) is 0 Å². The van der Waals surface area contributed by atoms with E-state index in [-0.39, 0.29) is 5.82 Å². The average molecular weight is 322 g/mol. The molecule has 0 amide bonds. The van der Waals surface area contributed by atoms with Gasteiger partial charge in [-0.2, -0.15) is 0 Å². The second-order valence-electron chi connectivity index (χ2n) is 4.49. The van der Waals surface area contributed by atoms with Crippen molar-refractivity contribution in [2.24, 2.45) is 0 Å². The highest BCUT2D eigenvalue weighted by molar-refractivity contribution is 9.10. The molecule has 2 aromatic rings. The Labute approximate surface area is 122 Å². The Bertz CT molecular complexity index is 513. The number of hydrogen-bond donors (Lipinski definition) is 1. The second-order valence-corrected chi connectivity index (χ2v) is 5.41. The van der Waals surface area contributed by atoms with Crippen LogP contribution in [0.5, 0.6) is 0 Å². The molecule has 0 heterocycles. The molecule has 0 aliphatic heterocycles. The van der Waals surface area contributed by atoms with E-state index < -0.39 is 0 Å². The predicted molar refractivity (Wildman–Crippen MR) is 82.0 cm³/mol. The van der Waals surface area contributed by atoms with E-state index in [9.17, 15) is 4.39 Å². The van der Waals surface area contributed by atoms with Crippen LogP contribution in [0, 0.1) is 5.82 Å². The van der Waals surface area contributed by atoms with Gasteiger partial charge < -0.3 is 5.32 Å². The fourth-order valence-corrected chi connectivity index (χ4v) is 2.32. The van der Waals surface area contributed by atoms with Crippen molar-refractivity contribution in [2.45, 2.75) is 19.3 Å². The minimum Gasteiger partial charge on any atom is -0.383 e. The van der Waals surface area contributed by atoms with Crippen molar-refractivity contribution < 1.29 is 4.39 Å². The van der Waals surface area contributed by atoms with Crippen LogP contribution in [0.15, 0.2) is 53.0 Å². The molecule has 0 atom stereocenters. The maximum atomic E-state index is 13.5. The van der Waals surface area contributed by atoms with Crippen molar-refractivity contribution in [3.05, 3.63) is 64.4 Å². The molecule has 1 nitrogen and oxygen atoms in total. The van der Waals surface area contributed by atoms with Crippen LogP contribution in [-0.4, -0.2) is 6.54 Å². The number of halogens is 2. The van der Waals surface area contributed by atoms with Crippen LogP contribution in [0.4, 0.5) is 10.1 Å². The molecule has 0 fully saturated rings. The summed E-state index contributed by atoms with van der Waals surface area (Å²) in [6.07, 6.45) is 3.21. The number of benzene rings is 2. The largest absolute Gasteiger partial charge is 0.383 e. The fraction of sp³-hybridized carbons (Fsp3) is 0.250. The molecule has 100 valence electrons. The van der Waals surface area contributed by atoms with Crippen LogP contribution in [0.2, 0.25) is 0 Å². The number of nitrogens with one attached hydrogen (secondary N) is 1. The summed E-state index contributed by atoms with van der Waals surface area (Å²) in [4.78, 5) is 0. The molecular formula is C16H17BrFN. The van der Waals surface area contributed by atoms with Gasteiger partial charge in [-0.15, -0.1) is 0 Å². The van der Waals surface area contributed by atoms with Gasteiger partial charge in [0.25, 0.3) is 0 Å². The topological polar surface area (TPSA) is 12.0 Å². The molecule has 0 spiro atoms. The van der Waals surface area contributed by atoms with E-state index in [4.69, 9.17) is 0 Å². The maximum Gasteiger partial charge on any atom is 0.146 e. The summed E-state index contributed by atoms with van der Waals surface area (Å²) in [5.74, 6) is -0.203. The molecule has 2 aromatic carbocycles. The Kier molecular flexibility index (Phi) is 5.40. The Morgan fingerprint density at radius 1 is 1.00 bits per heavy atom.